The summed E-state index contributed by atoms with van der Waals surface area (Å²) in [5.41, 5.74) is 1.38. The molecule has 2 aliphatic heterocycles. The predicted molar refractivity (Wildman–Crippen MR) is 117 cm³/mol. The van der Waals surface area contributed by atoms with Gasteiger partial charge in [-0.3, -0.25) is 9.69 Å². The first-order chi connectivity index (χ1) is 14.7. The Labute approximate surface area is 178 Å². The molecule has 1 N–H and O–H groups in total. The summed E-state index contributed by atoms with van der Waals surface area (Å²) >= 11 is 0. The van der Waals surface area contributed by atoms with Gasteiger partial charge in [0.1, 0.15) is 5.76 Å². The van der Waals surface area contributed by atoms with Crippen molar-refractivity contribution in [3.05, 3.63) is 66.1 Å². The molecular formula is C24H31N3O3. The second kappa shape index (κ2) is 10.1. The molecule has 0 spiro atoms. The maximum Gasteiger partial charge on any atom is 0.246 e. The highest BCUT2D eigenvalue weighted by Crippen LogP contribution is 2.20. The van der Waals surface area contributed by atoms with E-state index >= 15 is 0 Å². The summed E-state index contributed by atoms with van der Waals surface area (Å²) in [6.45, 7) is 6.16. The van der Waals surface area contributed by atoms with Crippen LogP contribution in [0.15, 0.2) is 59.2 Å². The number of hydrogen-bond donors (Lipinski definition) is 1. The molecule has 2 saturated heterocycles. The highest BCUT2D eigenvalue weighted by molar-refractivity contribution is 5.91. The van der Waals surface area contributed by atoms with Crippen molar-refractivity contribution < 1.29 is 14.3 Å². The molecular weight excluding hydrogens is 378 g/mol. The van der Waals surface area contributed by atoms with Gasteiger partial charge in [0, 0.05) is 57.9 Å². The van der Waals surface area contributed by atoms with Gasteiger partial charge in [0.25, 0.3) is 0 Å². The molecule has 2 fully saturated rings. The number of hydrogen-bond acceptors (Lipinski definition) is 5. The highest BCUT2D eigenvalue weighted by Gasteiger charge is 2.34. The average Bonchev–Trinajstić information content (AvgIpc) is 3.31. The second-order valence-electron chi connectivity index (χ2n) is 8.17. The van der Waals surface area contributed by atoms with Crippen molar-refractivity contribution in [2.24, 2.45) is 0 Å². The van der Waals surface area contributed by atoms with Crippen LogP contribution in [0, 0.1) is 0 Å². The Hall–Kier alpha value is -2.41. The predicted octanol–water partition coefficient (Wildman–Crippen LogP) is 2.11. The third-order valence-corrected chi connectivity index (χ3v) is 6.23. The van der Waals surface area contributed by atoms with Crippen LogP contribution in [-0.4, -0.2) is 83.7 Å². The summed E-state index contributed by atoms with van der Waals surface area (Å²) < 4.78 is 5.22. The minimum Gasteiger partial charge on any atom is -0.465 e. The number of aliphatic hydroxyl groups is 1. The van der Waals surface area contributed by atoms with Gasteiger partial charge in [0.15, 0.2) is 0 Å². The van der Waals surface area contributed by atoms with Crippen LogP contribution in [0.3, 0.4) is 0 Å². The van der Waals surface area contributed by atoms with Gasteiger partial charge in [-0.1, -0.05) is 30.3 Å². The number of piperazine rings is 1. The summed E-state index contributed by atoms with van der Waals surface area (Å²) in [5.74, 6) is 0.582. The zero-order valence-electron chi connectivity index (χ0n) is 17.4. The van der Waals surface area contributed by atoms with Gasteiger partial charge in [-0.25, -0.2) is 0 Å². The first kappa shape index (κ1) is 20.8. The van der Waals surface area contributed by atoms with Crippen LogP contribution < -0.4 is 0 Å². The smallest absolute Gasteiger partial charge is 0.246 e. The maximum absolute atomic E-state index is 12.4. The highest BCUT2D eigenvalue weighted by atomic mass is 16.3. The number of carbonyl (C=O) groups is 1. The van der Waals surface area contributed by atoms with Crippen molar-refractivity contribution in [3.63, 3.8) is 0 Å². The zero-order valence-corrected chi connectivity index (χ0v) is 17.4. The molecule has 2 atom stereocenters. The van der Waals surface area contributed by atoms with E-state index in [0.717, 1.165) is 45.6 Å². The molecule has 1 amide bonds. The molecule has 4 rings (SSSR count). The lowest BCUT2D eigenvalue weighted by molar-refractivity contribution is -0.131. The number of likely N-dealkylation sites (tertiary alicyclic amines) is 1. The van der Waals surface area contributed by atoms with Gasteiger partial charge in [0.05, 0.1) is 12.4 Å². The van der Waals surface area contributed by atoms with Gasteiger partial charge in [0.2, 0.25) is 5.91 Å². The van der Waals surface area contributed by atoms with E-state index in [1.807, 2.05) is 6.07 Å². The number of carbonyl (C=O) groups excluding carboxylic acids is 1. The van der Waals surface area contributed by atoms with Gasteiger partial charge in [-0.2, -0.15) is 0 Å². The van der Waals surface area contributed by atoms with E-state index in [1.165, 1.54) is 11.6 Å². The molecule has 6 nitrogen and oxygen atoms in total. The van der Waals surface area contributed by atoms with E-state index < -0.39 is 6.10 Å². The Morgan fingerprint density at radius 1 is 1.07 bits per heavy atom. The van der Waals surface area contributed by atoms with E-state index in [-0.39, 0.29) is 11.9 Å². The summed E-state index contributed by atoms with van der Waals surface area (Å²) in [7, 11) is 0. The molecule has 2 aliphatic rings. The van der Waals surface area contributed by atoms with Crippen LogP contribution in [0.1, 0.15) is 17.7 Å². The molecule has 2 aromatic rings. The van der Waals surface area contributed by atoms with Gasteiger partial charge >= 0.3 is 0 Å². The Kier molecular flexibility index (Phi) is 7.00. The maximum atomic E-state index is 12.4. The Morgan fingerprint density at radius 2 is 1.87 bits per heavy atom. The Morgan fingerprint density at radius 3 is 2.57 bits per heavy atom. The quantitative estimate of drug-likeness (QED) is 0.741. The topological polar surface area (TPSA) is 60.2 Å². The fourth-order valence-corrected chi connectivity index (χ4v) is 4.44. The van der Waals surface area contributed by atoms with Crippen molar-refractivity contribution in [1.29, 1.82) is 0 Å². The monoisotopic (exact) mass is 409 g/mol. The largest absolute Gasteiger partial charge is 0.465 e. The molecule has 0 saturated carbocycles. The minimum absolute atomic E-state index is 0.0744. The molecule has 30 heavy (non-hydrogen) atoms. The zero-order chi connectivity index (χ0) is 20.8. The number of β-amino-alcohol motifs (C(OH)–C–C–N with tert-alkyl or cyclic N) is 1. The first-order valence-corrected chi connectivity index (χ1v) is 10.9. The number of nitrogens with zero attached hydrogens (tertiary/aromatic N) is 3. The van der Waals surface area contributed by atoms with Gasteiger partial charge in [-0.05, 0) is 36.6 Å². The second-order valence-corrected chi connectivity index (χ2v) is 8.17. The number of amides is 1. The molecule has 0 bridgehead atoms. The third kappa shape index (κ3) is 5.39. The summed E-state index contributed by atoms with van der Waals surface area (Å²) in [4.78, 5) is 19.1. The molecule has 1 aromatic heterocycles. The molecule has 1 aromatic carbocycles. The van der Waals surface area contributed by atoms with Crippen LogP contribution in [-0.2, 0) is 11.2 Å². The van der Waals surface area contributed by atoms with Crippen LogP contribution in [0.4, 0.5) is 0 Å². The minimum atomic E-state index is -0.504. The van der Waals surface area contributed by atoms with Crippen molar-refractivity contribution in [2.75, 3.05) is 45.8 Å². The summed E-state index contributed by atoms with van der Waals surface area (Å²) in [6, 6.07) is 14.4. The van der Waals surface area contributed by atoms with E-state index in [2.05, 4.69) is 40.1 Å². The van der Waals surface area contributed by atoms with E-state index in [9.17, 15) is 9.90 Å². The first-order valence-electron chi connectivity index (χ1n) is 10.9. The van der Waals surface area contributed by atoms with E-state index in [0.29, 0.717) is 18.8 Å². The Balaban J connectivity index is 1.21. The molecule has 0 radical (unpaired) electrons. The lowest BCUT2D eigenvalue weighted by atomic mass is 9.99. The standard InChI is InChI=1S/C24H31N3O3/c28-23-19-27(24(29)9-8-21-7-4-18-30-21)13-11-22(23)26-16-14-25(15-17-26)12-10-20-5-2-1-3-6-20/h1-9,18,22-23,28H,10-17,19H2/t22-,23-/m1/s1. The van der Waals surface area contributed by atoms with Gasteiger partial charge in [-0.15, -0.1) is 0 Å². The SMILES string of the molecule is O=C(C=Cc1ccco1)N1CC[C@@H](N2CCN(CCc3ccccc3)CC2)[C@H](O)C1. The normalized spacial score (nSPS) is 23.8. The number of piperidine rings is 1. The average molecular weight is 410 g/mol. The third-order valence-electron chi connectivity index (χ3n) is 6.23. The van der Waals surface area contributed by atoms with Crippen LogP contribution in [0.25, 0.3) is 6.08 Å². The van der Waals surface area contributed by atoms with Crippen LogP contribution >= 0.6 is 0 Å². The van der Waals surface area contributed by atoms with E-state index in [1.54, 1.807) is 23.3 Å². The summed E-state index contributed by atoms with van der Waals surface area (Å²) in [6.07, 6.45) is 6.17. The summed E-state index contributed by atoms with van der Waals surface area (Å²) in [5, 5.41) is 10.7. The number of rotatable bonds is 6. The number of aliphatic hydroxyl groups excluding tert-OH is 1. The lowest BCUT2D eigenvalue weighted by Gasteiger charge is -2.45. The Bertz CT molecular complexity index is 813. The molecule has 3 heterocycles. The van der Waals surface area contributed by atoms with Crippen molar-refractivity contribution in [3.8, 4) is 0 Å². The van der Waals surface area contributed by atoms with Crippen molar-refractivity contribution in [1.82, 2.24) is 14.7 Å². The molecule has 6 heteroatoms. The lowest BCUT2D eigenvalue weighted by Crippen LogP contribution is -2.59. The van der Waals surface area contributed by atoms with Crippen LogP contribution in [0.2, 0.25) is 0 Å². The fraction of sp³-hybridized carbons (Fsp3) is 0.458. The number of benzene rings is 1. The van der Waals surface area contributed by atoms with E-state index in [4.69, 9.17) is 4.42 Å². The van der Waals surface area contributed by atoms with Crippen LogP contribution in [0.5, 0.6) is 0 Å². The van der Waals surface area contributed by atoms with Crippen molar-refractivity contribution in [2.45, 2.75) is 25.0 Å². The fourth-order valence-electron chi connectivity index (χ4n) is 4.44. The van der Waals surface area contributed by atoms with Gasteiger partial charge < -0.3 is 19.3 Å². The van der Waals surface area contributed by atoms with Crippen molar-refractivity contribution >= 4 is 12.0 Å². The molecule has 0 unspecified atom stereocenters. The molecule has 0 aliphatic carbocycles. The number of furan rings is 1. The molecule has 160 valence electrons.